The lowest BCUT2D eigenvalue weighted by Gasteiger charge is -2.28. The fourth-order valence-electron chi connectivity index (χ4n) is 3.23. The summed E-state index contributed by atoms with van der Waals surface area (Å²) in [5.74, 6) is -0.131. The normalized spacial score (nSPS) is 13.1. The first kappa shape index (κ1) is 18.0. The van der Waals surface area contributed by atoms with Crippen LogP contribution in [0.2, 0.25) is 0 Å². The van der Waals surface area contributed by atoms with E-state index < -0.39 is 0 Å². The van der Waals surface area contributed by atoms with Gasteiger partial charge in [0.2, 0.25) is 0 Å². The van der Waals surface area contributed by atoms with Gasteiger partial charge in [-0.05, 0) is 53.8 Å². The Kier molecular flexibility index (Phi) is 5.56. The second-order valence-electron chi connectivity index (χ2n) is 6.53. The molecule has 5 heteroatoms. The summed E-state index contributed by atoms with van der Waals surface area (Å²) in [4.78, 5) is 25.9. The first-order chi connectivity index (χ1) is 12.6. The van der Waals surface area contributed by atoms with Gasteiger partial charge >= 0.3 is 6.09 Å². The molecule has 0 aliphatic carbocycles. The van der Waals surface area contributed by atoms with Gasteiger partial charge in [0.1, 0.15) is 0 Å². The maximum absolute atomic E-state index is 12.5. The highest BCUT2D eigenvalue weighted by molar-refractivity contribution is 6.04. The third-order valence-electron chi connectivity index (χ3n) is 4.66. The lowest BCUT2D eigenvalue weighted by molar-refractivity contribution is 0.102. The zero-order valence-corrected chi connectivity index (χ0v) is 15.2. The Bertz CT molecular complexity index is 799. The SMILES string of the molecule is CCCc1ccc(C(=O)Nc2ccc3c(c2)CN(C(=O)OC)CC3)cc1. The molecule has 0 atom stereocenters. The summed E-state index contributed by atoms with van der Waals surface area (Å²) in [6.07, 6.45) is 2.57. The van der Waals surface area contributed by atoms with Crippen molar-refractivity contribution < 1.29 is 14.3 Å². The highest BCUT2D eigenvalue weighted by Crippen LogP contribution is 2.23. The Morgan fingerprint density at radius 2 is 1.88 bits per heavy atom. The number of amides is 2. The number of nitrogens with one attached hydrogen (secondary N) is 1. The Hall–Kier alpha value is -2.82. The first-order valence-electron chi connectivity index (χ1n) is 8.95. The minimum atomic E-state index is -0.322. The van der Waals surface area contributed by atoms with Crippen molar-refractivity contribution in [3.05, 3.63) is 64.7 Å². The maximum atomic E-state index is 12.5. The van der Waals surface area contributed by atoms with Gasteiger partial charge in [-0.1, -0.05) is 31.5 Å². The van der Waals surface area contributed by atoms with E-state index in [0.717, 1.165) is 30.5 Å². The number of aryl methyl sites for hydroxylation is 1. The van der Waals surface area contributed by atoms with Gasteiger partial charge in [-0.2, -0.15) is 0 Å². The standard InChI is InChI=1S/C21H24N2O3/c1-3-4-15-5-7-17(8-6-15)20(24)22-19-10-9-16-11-12-23(21(25)26-2)14-18(16)13-19/h5-10,13H,3-4,11-12,14H2,1-2H3,(H,22,24). The van der Waals surface area contributed by atoms with Crippen LogP contribution in [0.25, 0.3) is 0 Å². The highest BCUT2D eigenvalue weighted by atomic mass is 16.5. The van der Waals surface area contributed by atoms with Crippen molar-refractivity contribution in [3.63, 3.8) is 0 Å². The van der Waals surface area contributed by atoms with Crippen molar-refractivity contribution in [1.29, 1.82) is 0 Å². The smallest absolute Gasteiger partial charge is 0.409 e. The molecule has 0 radical (unpaired) electrons. The Morgan fingerprint density at radius 1 is 1.12 bits per heavy atom. The summed E-state index contributed by atoms with van der Waals surface area (Å²) in [5, 5.41) is 2.94. The molecule has 0 fully saturated rings. The summed E-state index contributed by atoms with van der Waals surface area (Å²) in [7, 11) is 1.39. The summed E-state index contributed by atoms with van der Waals surface area (Å²) in [6.45, 7) is 3.28. The van der Waals surface area contributed by atoms with Gasteiger partial charge < -0.3 is 15.0 Å². The quantitative estimate of drug-likeness (QED) is 0.904. The highest BCUT2D eigenvalue weighted by Gasteiger charge is 2.21. The predicted octanol–water partition coefficient (Wildman–Crippen LogP) is 4.02. The average Bonchev–Trinajstić information content (AvgIpc) is 2.67. The number of ether oxygens (including phenoxy) is 1. The van der Waals surface area contributed by atoms with Crippen LogP contribution in [0.3, 0.4) is 0 Å². The van der Waals surface area contributed by atoms with E-state index in [2.05, 4.69) is 12.2 Å². The fraction of sp³-hybridized carbons (Fsp3) is 0.333. The number of carbonyl (C=O) groups is 2. The van der Waals surface area contributed by atoms with Crippen LogP contribution in [0, 0.1) is 0 Å². The maximum Gasteiger partial charge on any atom is 0.409 e. The number of anilines is 1. The van der Waals surface area contributed by atoms with Crippen molar-refractivity contribution in [2.75, 3.05) is 19.0 Å². The Labute approximate surface area is 154 Å². The second-order valence-corrected chi connectivity index (χ2v) is 6.53. The van der Waals surface area contributed by atoms with Crippen LogP contribution >= 0.6 is 0 Å². The second kappa shape index (κ2) is 8.04. The zero-order chi connectivity index (χ0) is 18.5. The molecular weight excluding hydrogens is 328 g/mol. The minimum absolute atomic E-state index is 0.131. The molecule has 136 valence electrons. The van der Waals surface area contributed by atoms with Gasteiger partial charge in [0, 0.05) is 24.3 Å². The van der Waals surface area contributed by atoms with Crippen molar-refractivity contribution in [2.24, 2.45) is 0 Å². The van der Waals surface area contributed by atoms with E-state index in [4.69, 9.17) is 4.74 Å². The largest absolute Gasteiger partial charge is 0.453 e. The molecule has 2 amide bonds. The van der Waals surface area contributed by atoms with Crippen LogP contribution in [-0.4, -0.2) is 30.6 Å². The average molecular weight is 352 g/mol. The van der Waals surface area contributed by atoms with E-state index in [1.165, 1.54) is 18.2 Å². The number of methoxy groups -OCH3 is 1. The van der Waals surface area contributed by atoms with E-state index in [1.807, 2.05) is 42.5 Å². The van der Waals surface area contributed by atoms with Crippen molar-refractivity contribution in [3.8, 4) is 0 Å². The lowest BCUT2D eigenvalue weighted by Crippen LogP contribution is -2.35. The fourth-order valence-corrected chi connectivity index (χ4v) is 3.23. The molecule has 26 heavy (non-hydrogen) atoms. The van der Waals surface area contributed by atoms with Crippen LogP contribution in [0.4, 0.5) is 10.5 Å². The molecule has 1 aliphatic heterocycles. The molecule has 0 saturated heterocycles. The minimum Gasteiger partial charge on any atom is -0.453 e. The number of fused-ring (bicyclic) bond motifs is 1. The molecule has 2 aromatic carbocycles. The van der Waals surface area contributed by atoms with E-state index in [0.29, 0.717) is 18.7 Å². The molecule has 5 nitrogen and oxygen atoms in total. The number of carbonyl (C=O) groups excluding carboxylic acids is 2. The monoisotopic (exact) mass is 352 g/mol. The molecule has 3 rings (SSSR count). The Balaban J connectivity index is 1.70. The topological polar surface area (TPSA) is 58.6 Å². The molecular formula is C21H24N2O3. The summed E-state index contributed by atoms with van der Waals surface area (Å²) < 4.78 is 4.80. The molecule has 0 saturated carbocycles. The number of hydrogen-bond acceptors (Lipinski definition) is 3. The van der Waals surface area contributed by atoms with Crippen LogP contribution in [0.15, 0.2) is 42.5 Å². The van der Waals surface area contributed by atoms with Gasteiger partial charge in [0.25, 0.3) is 5.91 Å². The van der Waals surface area contributed by atoms with E-state index >= 15 is 0 Å². The molecule has 1 heterocycles. The Morgan fingerprint density at radius 3 is 2.58 bits per heavy atom. The first-order valence-corrected chi connectivity index (χ1v) is 8.95. The number of benzene rings is 2. The third-order valence-corrected chi connectivity index (χ3v) is 4.66. The van der Waals surface area contributed by atoms with E-state index in [1.54, 1.807) is 4.90 Å². The van der Waals surface area contributed by atoms with Gasteiger partial charge in [0.05, 0.1) is 7.11 Å². The number of nitrogens with zero attached hydrogens (tertiary/aromatic N) is 1. The number of hydrogen-bond donors (Lipinski definition) is 1. The molecule has 0 aromatic heterocycles. The lowest BCUT2D eigenvalue weighted by atomic mass is 9.99. The molecule has 0 unspecified atom stereocenters. The summed E-state index contributed by atoms with van der Waals surface area (Å²) >= 11 is 0. The van der Waals surface area contributed by atoms with Crippen LogP contribution in [0.5, 0.6) is 0 Å². The molecule has 0 spiro atoms. The van der Waals surface area contributed by atoms with Crippen molar-refractivity contribution >= 4 is 17.7 Å². The predicted molar refractivity (Wildman–Crippen MR) is 101 cm³/mol. The number of rotatable bonds is 4. The van der Waals surface area contributed by atoms with Crippen LogP contribution < -0.4 is 5.32 Å². The van der Waals surface area contributed by atoms with Gasteiger partial charge in [-0.15, -0.1) is 0 Å². The summed E-state index contributed by atoms with van der Waals surface area (Å²) in [5.41, 5.74) is 4.85. The van der Waals surface area contributed by atoms with Gasteiger partial charge in [0.15, 0.2) is 0 Å². The molecule has 1 aliphatic rings. The van der Waals surface area contributed by atoms with Gasteiger partial charge in [-0.25, -0.2) is 4.79 Å². The van der Waals surface area contributed by atoms with E-state index in [-0.39, 0.29) is 12.0 Å². The molecule has 2 aromatic rings. The van der Waals surface area contributed by atoms with E-state index in [9.17, 15) is 9.59 Å². The van der Waals surface area contributed by atoms with Crippen molar-refractivity contribution in [1.82, 2.24) is 4.90 Å². The molecule has 0 bridgehead atoms. The van der Waals surface area contributed by atoms with Gasteiger partial charge in [-0.3, -0.25) is 4.79 Å². The molecule has 1 N–H and O–H groups in total. The zero-order valence-electron chi connectivity index (χ0n) is 15.2. The van der Waals surface area contributed by atoms with Crippen LogP contribution in [0.1, 0.15) is 40.4 Å². The third kappa shape index (κ3) is 4.04. The van der Waals surface area contributed by atoms with Crippen LogP contribution in [-0.2, 0) is 24.1 Å². The summed E-state index contributed by atoms with van der Waals surface area (Å²) in [6, 6.07) is 13.6. The van der Waals surface area contributed by atoms with Crippen molar-refractivity contribution in [2.45, 2.75) is 32.7 Å².